The Bertz CT molecular complexity index is 363. The number of carbonyl (C=O) groups is 1. The summed E-state index contributed by atoms with van der Waals surface area (Å²) < 4.78 is 39.3. The summed E-state index contributed by atoms with van der Waals surface area (Å²) in [6, 6.07) is 3.68. The minimum atomic E-state index is -4.81. The molecule has 1 rings (SSSR count). The molecule has 0 unspecified atom stereocenters. The number of rotatable bonds is 3. The van der Waals surface area contributed by atoms with E-state index in [1.807, 2.05) is 0 Å². The van der Waals surface area contributed by atoms with Crippen LogP contribution in [-0.4, -0.2) is 12.6 Å². The summed E-state index contributed by atoms with van der Waals surface area (Å²) in [5.41, 5.74) is 0.374. The molecular weight excluding hydrogens is 233 g/mol. The van der Waals surface area contributed by atoms with E-state index in [1.165, 1.54) is 12.1 Å². The fourth-order valence-electron chi connectivity index (χ4n) is 0.991. The zero-order chi connectivity index (χ0) is 11.5. The minimum Gasteiger partial charge on any atom is -0.405 e. The van der Waals surface area contributed by atoms with Gasteiger partial charge in [-0.05, 0) is 17.7 Å². The number of benzene rings is 1. The highest BCUT2D eigenvalue weighted by Crippen LogP contribution is 2.26. The molecule has 1 aromatic rings. The molecule has 0 atom stereocenters. The number of halogens is 4. The van der Waals surface area contributed by atoms with Gasteiger partial charge in [0.15, 0.2) is 6.29 Å². The second kappa shape index (κ2) is 4.53. The molecule has 0 aliphatic heterocycles. The van der Waals surface area contributed by atoms with Crippen LogP contribution in [0.4, 0.5) is 13.2 Å². The third kappa shape index (κ3) is 3.43. The maximum atomic E-state index is 11.9. The van der Waals surface area contributed by atoms with Gasteiger partial charge in [0.25, 0.3) is 0 Å². The van der Waals surface area contributed by atoms with Gasteiger partial charge in [-0.2, -0.15) is 0 Å². The molecule has 0 N–H and O–H groups in total. The van der Waals surface area contributed by atoms with Crippen LogP contribution in [0.25, 0.3) is 0 Å². The van der Waals surface area contributed by atoms with Crippen LogP contribution in [0.3, 0.4) is 0 Å². The Hall–Kier alpha value is -1.23. The first-order chi connectivity index (χ1) is 6.96. The Kier molecular flexibility index (Phi) is 3.57. The molecule has 0 heterocycles. The van der Waals surface area contributed by atoms with Gasteiger partial charge < -0.3 is 4.74 Å². The van der Waals surface area contributed by atoms with Crippen molar-refractivity contribution in [2.75, 3.05) is 0 Å². The molecule has 0 fully saturated rings. The van der Waals surface area contributed by atoms with E-state index in [1.54, 1.807) is 0 Å². The standard InChI is InChI=1S/C9H6ClF3O2/c10-4-6-1-2-8(7(3-6)5-14)15-9(11,12)13/h1-3,5H,4H2. The monoisotopic (exact) mass is 238 g/mol. The number of carbonyl (C=O) groups excluding carboxylic acids is 1. The van der Waals surface area contributed by atoms with E-state index >= 15 is 0 Å². The molecule has 82 valence electrons. The molecular formula is C9H6ClF3O2. The van der Waals surface area contributed by atoms with Crippen molar-refractivity contribution in [1.29, 1.82) is 0 Å². The molecule has 0 saturated heterocycles. The maximum absolute atomic E-state index is 11.9. The topological polar surface area (TPSA) is 26.3 Å². The smallest absolute Gasteiger partial charge is 0.405 e. The summed E-state index contributed by atoms with van der Waals surface area (Å²) in [6.45, 7) is 0. The first-order valence-corrected chi connectivity index (χ1v) is 4.39. The van der Waals surface area contributed by atoms with Crippen molar-refractivity contribution < 1.29 is 22.7 Å². The largest absolute Gasteiger partial charge is 0.573 e. The van der Waals surface area contributed by atoms with E-state index in [4.69, 9.17) is 11.6 Å². The zero-order valence-electron chi connectivity index (χ0n) is 7.34. The van der Waals surface area contributed by atoms with Gasteiger partial charge in [-0.1, -0.05) is 6.07 Å². The summed E-state index contributed by atoms with van der Waals surface area (Å²) in [5.74, 6) is -0.404. The lowest BCUT2D eigenvalue weighted by Gasteiger charge is -2.11. The number of alkyl halides is 4. The summed E-state index contributed by atoms with van der Waals surface area (Å²) >= 11 is 5.46. The lowest BCUT2D eigenvalue weighted by molar-refractivity contribution is -0.274. The fourth-order valence-corrected chi connectivity index (χ4v) is 1.16. The number of hydrogen-bond donors (Lipinski definition) is 0. The number of aldehydes is 1. The van der Waals surface area contributed by atoms with Crippen molar-refractivity contribution in [2.24, 2.45) is 0 Å². The second-order valence-electron chi connectivity index (χ2n) is 2.67. The molecule has 0 aliphatic rings. The number of hydrogen-bond acceptors (Lipinski definition) is 2. The molecule has 0 radical (unpaired) electrons. The highest BCUT2D eigenvalue weighted by Gasteiger charge is 2.32. The van der Waals surface area contributed by atoms with Crippen LogP contribution in [0, 0.1) is 0 Å². The zero-order valence-corrected chi connectivity index (χ0v) is 8.10. The van der Waals surface area contributed by atoms with Crippen LogP contribution < -0.4 is 4.74 Å². The third-order valence-corrected chi connectivity index (χ3v) is 1.89. The molecule has 0 aromatic heterocycles. The molecule has 0 amide bonds. The van der Waals surface area contributed by atoms with Gasteiger partial charge in [0, 0.05) is 5.88 Å². The number of ether oxygens (including phenoxy) is 1. The van der Waals surface area contributed by atoms with Gasteiger partial charge in [0.05, 0.1) is 5.56 Å². The molecule has 2 nitrogen and oxygen atoms in total. The molecule has 6 heteroatoms. The lowest BCUT2D eigenvalue weighted by Crippen LogP contribution is -2.18. The quantitative estimate of drug-likeness (QED) is 0.597. The normalized spacial score (nSPS) is 11.2. The van der Waals surface area contributed by atoms with Crippen LogP contribution in [-0.2, 0) is 5.88 Å². The highest BCUT2D eigenvalue weighted by molar-refractivity contribution is 6.17. The summed E-state index contributed by atoms with van der Waals surface area (Å²) in [7, 11) is 0. The molecule has 0 saturated carbocycles. The molecule has 15 heavy (non-hydrogen) atoms. The van der Waals surface area contributed by atoms with Crippen molar-refractivity contribution in [3.8, 4) is 5.75 Å². The van der Waals surface area contributed by atoms with Crippen LogP contribution in [0.5, 0.6) is 5.75 Å². The molecule has 0 spiro atoms. The Morgan fingerprint density at radius 2 is 2.07 bits per heavy atom. The third-order valence-electron chi connectivity index (χ3n) is 1.58. The second-order valence-corrected chi connectivity index (χ2v) is 2.94. The van der Waals surface area contributed by atoms with Gasteiger partial charge >= 0.3 is 6.36 Å². The predicted octanol–water partition coefficient (Wildman–Crippen LogP) is 3.14. The van der Waals surface area contributed by atoms with Crippen molar-refractivity contribution in [3.63, 3.8) is 0 Å². The van der Waals surface area contributed by atoms with Crippen molar-refractivity contribution >= 4 is 17.9 Å². The van der Waals surface area contributed by atoms with E-state index in [9.17, 15) is 18.0 Å². The average molecular weight is 239 g/mol. The molecule has 0 bridgehead atoms. The van der Waals surface area contributed by atoms with Crippen molar-refractivity contribution in [3.05, 3.63) is 29.3 Å². The van der Waals surface area contributed by atoms with E-state index < -0.39 is 12.1 Å². The van der Waals surface area contributed by atoms with Gasteiger partial charge in [0.2, 0.25) is 0 Å². The fraction of sp³-hybridized carbons (Fsp3) is 0.222. The summed E-state index contributed by atoms with van der Waals surface area (Å²) in [6.07, 6.45) is -4.52. The Labute approximate surface area is 88.6 Å². The van der Waals surface area contributed by atoms with E-state index in [-0.39, 0.29) is 17.7 Å². The van der Waals surface area contributed by atoms with Crippen molar-refractivity contribution in [1.82, 2.24) is 0 Å². The van der Waals surface area contributed by atoms with Gasteiger partial charge in [0.1, 0.15) is 5.75 Å². The average Bonchev–Trinajstić information content (AvgIpc) is 2.16. The first kappa shape index (κ1) is 11.8. The van der Waals surface area contributed by atoms with Crippen LogP contribution >= 0.6 is 11.6 Å². The Morgan fingerprint density at radius 3 is 2.53 bits per heavy atom. The van der Waals surface area contributed by atoms with Gasteiger partial charge in [-0.15, -0.1) is 24.8 Å². The Morgan fingerprint density at radius 1 is 1.40 bits per heavy atom. The van der Waals surface area contributed by atoms with E-state index in [0.29, 0.717) is 5.56 Å². The predicted molar refractivity (Wildman–Crippen MR) is 48.1 cm³/mol. The molecule has 0 aliphatic carbocycles. The van der Waals surface area contributed by atoms with Gasteiger partial charge in [-0.3, -0.25) is 4.79 Å². The van der Waals surface area contributed by atoms with E-state index in [0.717, 1.165) is 6.07 Å². The maximum Gasteiger partial charge on any atom is 0.573 e. The van der Waals surface area contributed by atoms with E-state index in [2.05, 4.69) is 4.74 Å². The highest BCUT2D eigenvalue weighted by atomic mass is 35.5. The SMILES string of the molecule is O=Cc1cc(CCl)ccc1OC(F)(F)F. The van der Waals surface area contributed by atoms with Crippen LogP contribution in [0.15, 0.2) is 18.2 Å². The summed E-state index contributed by atoms with van der Waals surface area (Å²) in [5, 5.41) is 0. The minimum absolute atomic E-state index is 0.118. The van der Waals surface area contributed by atoms with Gasteiger partial charge in [-0.25, -0.2) is 0 Å². The summed E-state index contributed by atoms with van der Waals surface area (Å²) in [4.78, 5) is 10.5. The molecule has 1 aromatic carbocycles. The van der Waals surface area contributed by atoms with Crippen LogP contribution in [0.2, 0.25) is 0 Å². The Balaban J connectivity index is 3.03. The van der Waals surface area contributed by atoms with Crippen LogP contribution in [0.1, 0.15) is 15.9 Å². The van der Waals surface area contributed by atoms with Crippen molar-refractivity contribution in [2.45, 2.75) is 12.2 Å². The first-order valence-electron chi connectivity index (χ1n) is 3.86. The lowest BCUT2D eigenvalue weighted by atomic mass is 10.1.